The molecule has 4 rings (SSSR count). The maximum atomic E-state index is 13.1. The summed E-state index contributed by atoms with van der Waals surface area (Å²) in [6, 6.07) is 13.8. The van der Waals surface area contributed by atoms with Crippen LogP contribution in [0.2, 0.25) is 0 Å². The van der Waals surface area contributed by atoms with E-state index >= 15 is 0 Å². The van der Waals surface area contributed by atoms with Crippen molar-refractivity contribution in [1.29, 1.82) is 0 Å². The minimum absolute atomic E-state index is 0. The molecule has 1 saturated heterocycles. The van der Waals surface area contributed by atoms with Gasteiger partial charge in [-0.2, -0.15) is 0 Å². The third-order valence-electron chi connectivity index (χ3n) is 5.52. The molecule has 30 heavy (non-hydrogen) atoms. The summed E-state index contributed by atoms with van der Waals surface area (Å²) in [5.41, 5.74) is 1.87. The van der Waals surface area contributed by atoms with Crippen LogP contribution in [0, 0.1) is 5.82 Å². The number of hydrogen-bond acceptors (Lipinski definition) is 5. The van der Waals surface area contributed by atoms with E-state index in [0.717, 1.165) is 42.1 Å². The van der Waals surface area contributed by atoms with Gasteiger partial charge in [0.2, 0.25) is 0 Å². The summed E-state index contributed by atoms with van der Waals surface area (Å²) in [6.45, 7) is 2.25. The molecule has 2 aromatic carbocycles. The summed E-state index contributed by atoms with van der Waals surface area (Å²) in [7, 11) is 1.64. The zero-order valence-electron chi connectivity index (χ0n) is 16.8. The topological polar surface area (TPSA) is 58.5 Å². The number of halogens is 2. The van der Waals surface area contributed by atoms with E-state index in [9.17, 15) is 9.50 Å². The lowest BCUT2D eigenvalue weighted by Crippen LogP contribution is -2.42. The Labute approximate surface area is 182 Å². The first kappa shape index (κ1) is 22.2. The highest BCUT2D eigenvalue weighted by molar-refractivity contribution is 5.85. The molecule has 1 N–H and O–H groups in total. The molecule has 0 atom stereocenters. The highest BCUT2D eigenvalue weighted by Gasteiger charge is 2.33. The standard InChI is InChI=1S/C23H24FN3O2.ClH/c1-29-21-8-2-18(3-9-21)22-25-14-17(15-26-22)16-27-12-10-23(28,11-13-27)19-4-6-20(24)7-5-19;/h2-9,14-15,28H,10-13,16H2,1H3;1H. The van der Waals surface area contributed by atoms with E-state index in [-0.39, 0.29) is 18.2 Å². The Morgan fingerprint density at radius 2 is 1.60 bits per heavy atom. The van der Waals surface area contributed by atoms with E-state index in [4.69, 9.17) is 4.74 Å². The minimum Gasteiger partial charge on any atom is -0.497 e. The fraction of sp³-hybridized carbons (Fsp3) is 0.304. The average Bonchev–Trinajstić information content (AvgIpc) is 2.76. The number of rotatable bonds is 5. The highest BCUT2D eigenvalue weighted by Crippen LogP contribution is 2.33. The number of methoxy groups -OCH3 is 1. The molecule has 2 heterocycles. The zero-order valence-corrected chi connectivity index (χ0v) is 17.6. The third kappa shape index (κ3) is 4.95. The van der Waals surface area contributed by atoms with Gasteiger partial charge in [-0.1, -0.05) is 12.1 Å². The van der Waals surface area contributed by atoms with Crippen LogP contribution in [-0.2, 0) is 12.1 Å². The molecule has 0 unspecified atom stereocenters. The maximum absolute atomic E-state index is 13.1. The summed E-state index contributed by atoms with van der Waals surface area (Å²) >= 11 is 0. The van der Waals surface area contributed by atoms with Crippen LogP contribution in [0.25, 0.3) is 11.4 Å². The molecular weight excluding hydrogens is 405 g/mol. The molecule has 0 aliphatic carbocycles. The number of aromatic nitrogens is 2. The van der Waals surface area contributed by atoms with Crippen LogP contribution in [0.3, 0.4) is 0 Å². The predicted molar refractivity (Wildman–Crippen MR) is 116 cm³/mol. The van der Waals surface area contributed by atoms with Gasteiger partial charge in [-0.05, 0) is 54.8 Å². The number of likely N-dealkylation sites (tertiary alicyclic amines) is 1. The molecule has 1 aliphatic rings. The fourth-order valence-corrected chi connectivity index (χ4v) is 3.71. The Kier molecular flexibility index (Phi) is 7.02. The summed E-state index contributed by atoms with van der Waals surface area (Å²) < 4.78 is 18.3. The number of aliphatic hydroxyl groups is 1. The highest BCUT2D eigenvalue weighted by atomic mass is 35.5. The van der Waals surface area contributed by atoms with Crippen LogP contribution in [0.4, 0.5) is 4.39 Å². The smallest absolute Gasteiger partial charge is 0.159 e. The van der Waals surface area contributed by atoms with Crippen LogP contribution in [0.15, 0.2) is 60.9 Å². The number of benzene rings is 2. The maximum Gasteiger partial charge on any atom is 0.159 e. The summed E-state index contributed by atoms with van der Waals surface area (Å²) in [4.78, 5) is 11.3. The molecule has 5 nitrogen and oxygen atoms in total. The van der Waals surface area contributed by atoms with Crippen molar-refractivity contribution in [3.8, 4) is 17.1 Å². The molecule has 3 aromatic rings. The van der Waals surface area contributed by atoms with Crippen molar-refractivity contribution in [3.63, 3.8) is 0 Å². The Morgan fingerprint density at radius 3 is 2.17 bits per heavy atom. The predicted octanol–water partition coefficient (Wildman–Crippen LogP) is 4.20. The number of ether oxygens (including phenoxy) is 1. The molecule has 1 fully saturated rings. The van der Waals surface area contributed by atoms with E-state index < -0.39 is 5.60 Å². The first-order valence-corrected chi connectivity index (χ1v) is 9.72. The first-order chi connectivity index (χ1) is 14.1. The minimum atomic E-state index is -0.890. The molecular formula is C23H25ClFN3O2. The average molecular weight is 430 g/mol. The summed E-state index contributed by atoms with van der Waals surface area (Å²) in [6.07, 6.45) is 4.94. The first-order valence-electron chi connectivity index (χ1n) is 9.72. The largest absolute Gasteiger partial charge is 0.497 e. The summed E-state index contributed by atoms with van der Waals surface area (Å²) in [5, 5.41) is 10.9. The van der Waals surface area contributed by atoms with Crippen LogP contribution in [-0.4, -0.2) is 40.2 Å². The number of nitrogens with zero attached hydrogens (tertiary/aromatic N) is 3. The molecule has 0 bridgehead atoms. The second-order valence-corrected chi connectivity index (χ2v) is 7.46. The van der Waals surface area contributed by atoms with Crippen molar-refractivity contribution in [1.82, 2.24) is 14.9 Å². The van der Waals surface area contributed by atoms with Gasteiger partial charge < -0.3 is 9.84 Å². The monoisotopic (exact) mass is 429 g/mol. The van der Waals surface area contributed by atoms with Crippen LogP contribution < -0.4 is 4.74 Å². The van der Waals surface area contributed by atoms with E-state index in [2.05, 4.69) is 14.9 Å². The van der Waals surface area contributed by atoms with Gasteiger partial charge in [0.25, 0.3) is 0 Å². The van der Waals surface area contributed by atoms with E-state index in [1.54, 1.807) is 19.2 Å². The lowest BCUT2D eigenvalue weighted by molar-refractivity contribution is -0.0278. The normalized spacial score (nSPS) is 16.0. The van der Waals surface area contributed by atoms with Crippen LogP contribution >= 0.6 is 12.4 Å². The third-order valence-corrected chi connectivity index (χ3v) is 5.52. The molecule has 7 heteroatoms. The van der Waals surface area contributed by atoms with Crippen molar-refractivity contribution >= 4 is 12.4 Å². The van der Waals surface area contributed by atoms with E-state index in [0.29, 0.717) is 18.7 Å². The Balaban J connectivity index is 0.00000256. The number of hydrogen-bond donors (Lipinski definition) is 1. The Morgan fingerprint density at radius 1 is 1.00 bits per heavy atom. The molecule has 0 saturated carbocycles. The van der Waals surface area contributed by atoms with Crippen molar-refractivity contribution in [3.05, 3.63) is 77.9 Å². The van der Waals surface area contributed by atoms with Gasteiger partial charge in [0, 0.05) is 43.2 Å². The molecule has 0 radical (unpaired) electrons. The van der Waals surface area contributed by atoms with Crippen LogP contribution in [0.5, 0.6) is 5.75 Å². The second kappa shape index (κ2) is 9.51. The molecule has 158 valence electrons. The lowest BCUT2D eigenvalue weighted by Gasteiger charge is -2.38. The molecule has 0 spiro atoms. The van der Waals surface area contributed by atoms with Crippen molar-refractivity contribution in [2.45, 2.75) is 25.0 Å². The molecule has 1 aliphatic heterocycles. The van der Waals surface area contributed by atoms with Crippen molar-refractivity contribution < 1.29 is 14.2 Å². The van der Waals surface area contributed by atoms with Crippen molar-refractivity contribution in [2.24, 2.45) is 0 Å². The lowest BCUT2D eigenvalue weighted by atomic mass is 9.84. The number of piperidine rings is 1. The summed E-state index contributed by atoms with van der Waals surface area (Å²) in [5.74, 6) is 1.20. The van der Waals surface area contributed by atoms with Gasteiger partial charge >= 0.3 is 0 Å². The SMILES string of the molecule is COc1ccc(-c2ncc(CN3CCC(O)(c4ccc(F)cc4)CC3)cn2)cc1.Cl. The fourth-order valence-electron chi connectivity index (χ4n) is 3.71. The Hall–Kier alpha value is -2.54. The second-order valence-electron chi connectivity index (χ2n) is 7.46. The van der Waals surface area contributed by atoms with Gasteiger partial charge in [-0.15, -0.1) is 12.4 Å². The van der Waals surface area contributed by atoms with Gasteiger partial charge in [0.05, 0.1) is 12.7 Å². The quantitative estimate of drug-likeness (QED) is 0.658. The van der Waals surface area contributed by atoms with Gasteiger partial charge in [-0.25, -0.2) is 14.4 Å². The Bertz CT molecular complexity index is 942. The van der Waals surface area contributed by atoms with Crippen molar-refractivity contribution in [2.75, 3.05) is 20.2 Å². The van der Waals surface area contributed by atoms with Gasteiger partial charge in [0.1, 0.15) is 11.6 Å². The van der Waals surface area contributed by atoms with Crippen LogP contribution in [0.1, 0.15) is 24.0 Å². The molecule has 0 amide bonds. The van der Waals surface area contributed by atoms with E-state index in [1.165, 1.54) is 12.1 Å². The van der Waals surface area contributed by atoms with E-state index in [1.807, 2.05) is 36.7 Å². The van der Waals surface area contributed by atoms with Gasteiger partial charge in [-0.3, -0.25) is 4.90 Å². The zero-order chi connectivity index (χ0) is 20.3. The molecule has 1 aromatic heterocycles. The van der Waals surface area contributed by atoms with Gasteiger partial charge in [0.15, 0.2) is 5.82 Å².